The smallest absolute Gasteiger partial charge is 0.345 e. The van der Waals surface area contributed by atoms with Crippen LogP contribution in [-0.4, -0.2) is 24.1 Å². The summed E-state index contributed by atoms with van der Waals surface area (Å²) in [6.07, 6.45) is 5.90. The Morgan fingerprint density at radius 2 is 1.72 bits per heavy atom. The predicted octanol–water partition coefficient (Wildman–Crippen LogP) is 6.14. The van der Waals surface area contributed by atoms with Gasteiger partial charge in [0.15, 0.2) is 11.5 Å². The molecule has 0 aromatic heterocycles. The molecule has 0 amide bonds. The first kappa shape index (κ1) is 21.3. The number of fused-ring (bicyclic) bond motifs is 1. The van der Waals surface area contributed by atoms with Crippen LogP contribution < -0.4 is 4.74 Å². The van der Waals surface area contributed by atoms with Crippen LogP contribution in [0.25, 0.3) is 10.8 Å². The average Bonchev–Trinajstić information content (AvgIpc) is 3.50. The molecule has 1 aliphatic heterocycles. The SMILES string of the molecule is O=C(COc1cc([S+]2CCCC2)c2ccccc2c1)OC1(c2cccc(F)c2)CCCC1. The predicted molar refractivity (Wildman–Crippen MR) is 127 cm³/mol. The summed E-state index contributed by atoms with van der Waals surface area (Å²) in [5, 5.41) is 2.42. The molecule has 1 aliphatic carbocycles. The van der Waals surface area contributed by atoms with Crippen LogP contribution in [0.15, 0.2) is 65.6 Å². The molecule has 0 N–H and O–H groups in total. The normalized spacial score (nSPS) is 18.2. The molecule has 3 aromatic rings. The van der Waals surface area contributed by atoms with Gasteiger partial charge in [0.25, 0.3) is 0 Å². The lowest BCUT2D eigenvalue weighted by Crippen LogP contribution is -2.32. The molecule has 5 rings (SSSR count). The summed E-state index contributed by atoms with van der Waals surface area (Å²) in [7, 11) is 0.241. The maximum atomic E-state index is 13.8. The van der Waals surface area contributed by atoms with Gasteiger partial charge in [0, 0.05) is 22.3 Å². The van der Waals surface area contributed by atoms with Gasteiger partial charge in [0.2, 0.25) is 0 Å². The zero-order valence-electron chi connectivity index (χ0n) is 18.1. The molecule has 3 aromatic carbocycles. The van der Waals surface area contributed by atoms with Crippen LogP contribution in [0.2, 0.25) is 0 Å². The summed E-state index contributed by atoms with van der Waals surface area (Å²) in [4.78, 5) is 14.1. The number of rotatable bonds is 6. The van der Waals surface area contributed by atoms with Gasteiger partial charge in [-0.2, -0.15) is 0 Å². The Kier molecular flexibility index (Phi) is 6.09. The van der Waals surface area contributed by atoms with E-state index in [0.29, 0.717) is 18.6 Å². The van der Waals surface area contributed by atoms with E-state index in [1.54, 1.807) is 6.07 Å². The quantitative estimate of drug-likeness (QED) is 0.333. The topological polar surface area (TPSA) is 35.5 Å². The van der Waals surface area contributed by atoms with Gasteiger partial charge in [0.1, 0.15) is 28.7 Å². The molecular formula is C27H28FO3S+. The summed E-state index contributed by atoms with van der Waals surface area (Å²) < 4.78 is 25.7. The van der Waals surface area contributed by atoms with Crippen LogP contribution in [0.4, 0.5) is 4.39 Å². The summed E-state index contributed by atoms with van der Waals surface area (Å²) >= 11 is 0. The van der Waals surface area contributed by atoms with Crippen molar-refractivity contribution < 1.29 is 18.7 Å². The first-order chi connectivity index (χ1) is 15.6. The van der Waals surface area contributed by atoms with Gasteiger partial charge in [-0.05, 0) is 73.7 Å². The zero-order valence-corrected chi connectivity index (χ0v) is 19.0. The van der Waals surface area contributed by atoms with E-state index in [1.165, 1.54) is 46.8 Å². The molecular weight excluding hydrogens is 423 g/mol. The van der Waals surface area contributed by atoms with Gasteiger partial charge >= 0.3 is 5.97 Å². The third-order valence-corrected chi connectivity index (χ3v) is 9.09. The van der Waals surface area contributed by atoms with E-state index in [0.717, 1.165) is 23.8 Å². The van der Waals surface area contributed by atoms with Crippen LogP contribution >= 0.6 is 0 Å². The fourth-order valence-electron chi connectivity index (χ4n) is 5.00. The molecule has 3 nitrogen and oxygen atoms in total. The van der Waals surface area contributed by atoms with Crippen LogP contribution in [0, 0.1) is 5.82 Å². The molecule has 2 aliphatic rings. The van der Waals surface area contributed by atoms with Crippen molar-refractivity contribution in [1.82, 2.24) is 0 Å². The maximum absolute atomic E-state index is 13.8. The molecule has 1 saturated heterocycles. The maximum Gasteiger partial charge on any atom is 0.345 e. The van der Waals surface area contributed by atoms with E-state index in [-0.39, 0.29) is 23.3 Å². The Morgan fingerprint density at radius 3 is 2.50 bits per heavy atom. The Hall–Kier alpha value is -2.53. The summed E-state index contributed by atoms with van der Waals surface area (Å²) in [6.45, 7) is -0.150. The number of halogens is 1. The lowest BCUT2D eigenvalue weighted by atomic mass is 9.92. The zero-order chi connectivity index (χ0) is 22.0. The summed E-state index contributed by atoms with van der Waals surface area (Å²) in [5.74, 6) is 2.45. The lowest BCUT2D eigenvalue weighted by Gasteiger charge is -2.29. The molecule has 0 unspecified atom stereocenters. The van der Waals surface area contributed by atoms with Crippen molar-refractivity contribution in [2.45, 2.75) is 49.0 Å². The molecule has 0 radical (unpaired) electrons. The third-order valence-electron chi connectivity index (χ3n) is 6.57. The van der Waals surface area contributed by atoms with Crippen molar-refractivity contribution >= 4 is 27.6 Å². The Labute approximate surface area is 191 Å². The Bertz CT molecular complexity index is 1120. The van der Waals surface area contributed by atoms with E-state index in [4.69, 9.17) is 9.47 Å². The fraction of sp³-hybridized carbons (Fsp3) is 0.370. The Morgan fingerprint density at radius 1 is 0.938 bits per heavy atom. The molecule has 2 fully saturated rings. The van der Waals surface area contributed by atoms with Gasteiger partial charge in [-0.15, -0.1) is 0 Å². The number of esters is 1. The van der Waals surface area contributed by atoms with Crippen molar-refractivity contribution in [3.63, 3.8) is 0 Å². The molecule has 1 heterocycles. The van der Waals surface area contributed by atoms with Crippen molar-refractivity contribution in [3.8, 4) is 5.75 Å². The van der Waals surface area contributed by atoms with E-state index in [2.05, 4.69) is 24.3 Å². The van der Waals surface area contributed by atoms with E-state index in [1.807, 2.05) is 18.2 Å². The van der Waals surface area contributed by atoms with Gasteiger partial charge in [-0.1, -0.05) is 30.3 Å². The van der Waals surface area contributed by atoms with Crippen molar-refractivity contribution in [1.29, 1.82) is 0 Å². The molecule has 0 bridgehead atoms. The highest BCUT2D eigenvalue weighted by molar-refractivity contribution is 7.97. The molecule has 0 spiro atoms. The largest absolute Gasteiger partial charge is 0.482 e. The number of carbonyl (C=O) groups excluding carboxylic acids is 1. The van der Waals surface area contributed by atoms with Gasteiger partial charge < -0.3 is 9.47 Å². The highest BCUT2D eigenvalue weighted by Crippen LogP contribution is 2.42. The first-order valence-electron chi connectivity index (χ1n) is 11.4. The lowest BCUT2D eigenvalue weighted by molar-refractivity contribution is -0.163. The molecule has 166 valence electrons. The van der Waals surface area contributed by atoms with Crippen molar-refractivity contribution in [3.05, 3.63) is 72.0 Å². The van der Waals surface area contributed by atoms with Crippen molar-refractivity contribution in [2.75, 3.05) is 18.1 Å². The van der Waals surface area contributed by atoms with Crippen molar-refractivity contribution in [2.24, 2.45) is 0 Å². The number of ether oxygens (including phenoxy) is 2. The summed E-state index contributed by atoms with van der Waals surface area (Å²) in [6, 6.07) is 18.9. The number of hydrogen-bond acceptors (Lipinski definition) is 3. The van der Waals surface area contributed by atoms with E-state index in [9.17, 15) is 9.18 Å². The minimum atomic E-state index is -0.748. The van der Waals surface area contributed by atoms with Crippen LogP contribution in [0.1, 0.15) is 44.1 Å². The number of hydrogen-bond donors (Lipinski definition) is 0. The van der Waals surface area contributed by atoms with Gasteiger partial charge in [-0.3, -0.25) is 0 Å². The average molecular weight is 452 g/mol. The minimum Gasteiger partial charge on any atom is -0.482 e. The van der Waals surface area contributed by atoms with Crippen LogP contribution in [-0.2, 0) is 26.0 Å². The molecule has 5 heteroatoms. The second-order valence-corrected chi connectivity index (χ2v) is 11.0. The van der Waals surface area contributed by atoms with E-state index < -0.39 is 11.6 Å². The Balaban J connectivity index is 1.33. The minimum absolute atomic E-state index is 0.150. The standard InChI is InChI=1S/C27H28FO3S/c28-22-10-7-9-21(17-22)27(12-3-4-13-27)31-26(29)19-30-23-16-20-8-1-2-11-24(20)25(18-23)32-14-5-6-15-32/h1-2,7-11,16-18H,3-6,12-15,19H2/q+1. The summed E-state index contributed by atoms with van der Waals surface area (Å²) in [5.41, 5.74) is -0.0127. The first-order valence-corrected chi connectivity index (χ1v) is 13.0. The number of benzene rings is 3. The van der Waals surface area contributed by atoms with Crippen LogP contribution in [0.5, 0.6) is 5.75 Å². The third kappa shape index (κ3) is 4.36. The second kappa shape index (κ2) is 9.14. The van der Waals surface area contributed by atoms with Crippen LogP contribution in [0.3, 0.4) is 0 Å². The second-order valence-electron chi connectivity index (χ2n) is 8.73. The highest BCUT2D eigenvalue weighted by Gasteiger charge is 2.40. The number of carbonyl (C=O) groups is 1. The monoisotopic (exact) mass is 451 g/mol. The fourth-order valence-corrected chi connectivity index (χ4v) is 7.53. The van der Waals surface area contributed by atoms with Gasteiger partial charge in [-0.25, -0.2) is 9.18 Å². The molecule has 0 atom stereocenters. The van der Waals surface area contributed by atoms with Gasteiger partial charge in [0.05, 0.1) is 0 Å². The molecule has 32 heavy (non-hydrogen) atoms. The highest BCUT2D eigenvalue weighted by atomic mass is 32.2. The van der Waals surface area contributed by atoms with E-state index >= 15 is 0 Å². The molecule has 1 saturated carbocycles.